The summed E-state index contributed by atoms with van der Waals surface area (Å²) in [4.78, 5) is 0.128. The fourth-order valence-electron chi connectivity index (χ4n) is 1.99. The summed E-state index contributed by atoms with van der Waals surface area (Å²) in [5, 5.41) is -0.623. The van der Waals surface area contributed by atoms with Crippen LogP contribution in [0.25, 0.3) is 0 Å². The zero-order chi connectivity index (χ0) is 18.9. The lowest BCUT2D eigenvalue weighted by atomic mass is 10.2. The highest BCUT2D eigenvalue weighted by molar-refractivity contribution is 8.76. The molecule has 0 N–H and O–H groups in total. The molecule has 26 heavy (non-hydrogen) atoms. The van der Waals surface area contributed by atoms with Gasteiger partial charge in [-0.3, -0.25) is 8.37 Å². The van der Waals surface area contributed by atoms with Crippen molar-refractivity contribution < 1.29 is 25.2 Å². The van der Waals surface area contributed by atoms with E-state index in [0.717, 1.165) is 0 Å². The molecule has 0 saturated carbocycles. The Morgan fingerprint density at radius 2 is 1.58 bits per heavy atom. The molecule has 6 nitrogen and oxygen atoms in total. The van der Waals surface area contributed by atoms with Crippen LogP contribution in [0.3, 0.4) is 0 Å². The van der Waals surface area contributed by atoms with Crippen molar-refractivity contribution in [2.45, 2.75) is 16.6 Å². The van der Waals surface area contributed by atoms with Gasteiger partial charge >= 0.3 is 0 Å². The first kappa shape index (κ1) is 21.5. The van der Waals surface area contributed by atoms with E-state index in [-0.39, 0.29) is 18.1 Å². The molecule has 1 aliphatic rings. The second-order valence-corrected chi connectivity index (χ2v) is 11.3. The number of allylic oxidation sites excluding steroid dienone is 3. The van der Waals surface area contributed by atoms with E-state index in [0.29, 0.717) is 17.9 Å². The van der Waals surface area contributed by atoms with Gasteiger partial charge in [-0.15, -0.1) is 0 Å². The van der Waals surface area contributed by atoms with Crippen molar-refractivity contribution >= 4 is 41.8 Å². The molecule has 1 atom stereocenters. The first-order valence-corrected chi connectivity index (χ1v) is 13.2. The molecule has 0 radical (unpaired) electrons. The maximum atomic E-state index is 12.0. The molecule has 0 bridgehead atoms. The van der Waals surface area contributed by atoms with Crippen LogP contribution in [0.1, 0.15) is 6.42 Å². The Morgan fingerprint density at radius 3 is 2.19 bits per heavy atom. The number of rotatable bonds is 11. The standard InChI is InChI=1S/C16H20O6S4/c17-25(18,15-7-3-1-4-8-15)21-11-13-23-24-14-12-22-26(19,20)16-9-5-2-6-10-16/h1-9,16H,10-14H2. The van der Waals surface area contributed by atoms with E-state index in [1.165, 1.54) is 33.7 Å². The quantitative estimate of drug-likeness (QED) is 0.297. The van der Waals surface area contributed by atoms with Gasteiger partial charge in [0.05, 0.1) is 18.1 Å². The van der Waals surface area contributed by atoms with Crippen molar-refractivity contribution in [3.8, 4) is 0 Å². The summed E-state index contributed by atoms with van der Waals surface area (Å²) in [6.07, 6.45) is 7.33. The third kappa shape index (κ3) is 7.09. The van der Waals surface area contributed by atoms with Gasteiger partial charge in [0.25, 0.3) is 20.2 Å². The lowest BCUT2D eigenvalue weighted by Crippen LogP contribution is -2.22. The summed E-state index contributed by atoms with van der Waals surface area (Å²) < 4.78 is 57.7. The van der Waals surface area contributed by atoms with Crippen LogP contribution in [0.2, 0.25) is 0 Å². The summed E-state index contributed by atoms with van der Waals surface area (Å²) in [6, 6.07) is 7.95. The normalized spacial score (nSPS) is 17.5. The van der Waals surface area contributed by atoms with Gasteiger partial charge in [0, 0.05) is 11.5 Å². The van der Waals surface area contributed by atoms with E-state index in [1.807, 2.05) is 0 Å². The maximum absolute atomic E-state index is 12.0. The van der Waals surface area contributed by atoms with E-state index in [4.69, 9.17) is 8.37 Å². The largest absolute Gasteiger partial charge is 0.296 e. The van der Waals surface area contributed by atoms with Crippen LogP contribution in [0.4, 0.5) is 0 Å². The minimum Gasteiger partial charge on any atom is -0.269 e. The van der Waals surface area contributed by atoms with E-state index in [2.05, 4.69) is 0 Å². The van der Waals surface area contributed by atoms with Gasteiger partial charge in [-0.2, -0.15) is 16.8 Å². The highest BCUT2D eigenvalue weighted by Gasteiger charge is 2.23. The van der Waals surface area contributed by atoms with Gasteiger partial charge in [0.2, 0.25) is 0 Å². The van der Waals surface area contributed by atoms with Gasteiger partial charge in [-0.1, -0.05) is 64.1 Å². The Kier molecular flexibility index (Phi) is 8.71. The summed E-state index contributed by atoms with van der Waals surface area (Å²) >= 11 is 0. The fourth-order valence-corrected chi connectivity index (χ4v) is 5.91. The molecule has 0 saturated heterocycles. The SMILES string of the molecule is O=S(=O)(OCCSSCCOS(=O)(=O)C1C=CC=CC1)c1ccccc1. The van der Waals surface area contributed by atoms with Crippen molar-refractivity contribution in [2.24, 2.45) is 0 Å². The highest BCUT2D eigenvalue weighted by atomic mass is 33.1. The topological polar surface area (TPSA) is 86.7 Å². The molecule has 10 heteroatoms. The Balaban J connectivity index is 1.57. The van der Waals surface area contributed by atoms with Gasteiger partial charge in [0.15, 0.2) is 0 Å². The predicted octanol–water partition coefficient (Wildman–Crippen LogP) is 3.00. The molecule has 0 aliphatic heterocycles. The van der Waals surface area contributed by atoms with Crippen LogP contribution in [0, 0.1) is 0 Å². The second kappa shape index (κ2) is 10.5. The Labute approximate surface area is 162 Å². The molecule has 0 aromatic heterocycles. The van der Waals surface area contributed by atoms with E-state index >= 15 is 0 Å². The Morgan fingerprint density at radius 1 is 0.923 bits per heavy atom. The highest BCUT2D eigenvalue weighted by Crippen LogP contribution is 2.22. The zero-order valence-corrected chi connectivity index (χ0v) is 17.2. The van der Waals surface area contributed by atoms with Crippen molar-refractivity contribution in [1.29, 1.82) is 0 Å². The minimum atomic E-state index is -3.73. The molecule has 2 rings (SSSR count). The fraction of sp³-hybridized carbons (Fsp3) is 0.375. The number of benzene rings is 1. The van der Waals surface area contributed by atoms with Gasteiger partial charge in [-0.05, 0) is 18.6 Å². The molecule has 1 unspecified atom stereocenters. The molecule has 1 aromatic carbocycles. The number of hydrogen-bond donors (Lipinski definition) is 0. The predicted molar refractivity (Wildman–Crippen MR) is 106 cm³/mol. The summed E-state index contributed by atoms with van der Waals surface area (Å²) in [7, 11) is -4.51. The smallest absolute Gasteiger partial charge is 0.269 e. The van der Waals surface area contributed by atoms with Gasteiger partial charge < -0.3 is 0 Å². The maximum Gasteiger partial charge on any atom is 0.296 e. The average molecular weight is 437 g/mol. The average Bonchev–Trinajstić information content (AvgIpc) is 2.65. The van der Waals surface area contributed by atoms with Crippen LogP contribution in [-0.2, 0) is 28.6 Å². The third-order valence-electron chi connectivity index (χ3n) is 3.25. The lowest BCUT2D eigenvalue weighted by molar-refractivity contribution is 0.336. The lowest BCUT2D eigenvalue weighted by Gasteiger charge is -2.13. The van der Waals surface area contributed by atoms with Crippen LogP contribution in [0.15, 0.2) is 59.5 Å². The first-order valence-electron chi connectivity index (χ1n) is 7.82. The second-order valence-electron chi connectivity index (χ2n) is 5.14. The molecular weight excluding hydrogens is 416 g/mol. The van der Waals surface area contributed by atoms with Crippen molar-refractivity contribution in [3.05, 3.63) is 54.6 Å². The summed E-state index contributed by atoms with van der Waals surface area (Å²) in [6.45, 7) is 0.129. The molecule has 0 heterocycles. The summed E-state index contributed by atoms with van der Waals surface area (Å²) in [5.41, 5.74) is 0. The molecule has 1 aliphatic carbocycles. The molecule has 0 fully saturated rings. The Bertz CT molecular complexity index is 816. The van der Waals surface area contributed by atoms with Crippen molar-refractivity contribution in [1.82, 2.24) is 0 Å². The van der Waals surface area contributed by atoms with Gasteiger partial charge in [0.1, 0.15) is 5.25 Å². The molecule has 144 valence electrons. The zero-order valence-electron chi connectivity index (χ0n) is 13.9. The first-order chi connectivity index (χ1) is 12.4. The molecule has 0 spiro atoms. The van der Waals surface area contributed by atoms with Crippen LogP contribution in [0.5, 0.6) is 0 Å². The van der Waals surface area contributed by atoms with Crippen LogP contribution in [-0.4, -0.2) is 46.8 Å². The van der Waals surface area contributed by atoms with Crippen LogP contribution >= 0.6 is 21.6 Å². The van der Waals surface area contributed by atoms with E-state index < -0.39 is 25.5 Å². The monoisotopic (exact) mass is 436 g/mol. The van der Waals surface area contributed by atoms with Crippen molar-refractivity contribution in [2.75, 3.05) is 24.7 Å². The molecule has 1 aromatic rings. The molecular formula is C16H20O6S4. The third-order valence-corrected chi connectivity index (χ3v) is 8.49. The minimum absolute atomic E-state index is 0.0489. The van der Waals surface area contributed by atoms with Crippen molar-refractivity contribution in [3.63, 3.8) is 0 Å². The number of hydrogen-bond acceptors (Lipinski definition) is 8. The van der Waals surface area contributed by atoms with E-state index in [9.17, 15) is 16.8 Å². The summed E-state index contributed by atoms with van der Waals surface area (Å²) in [5.74, 6) is 0.932. The molecule has 0 amide bonds. The Hall–Kier alpha value is -0.780. The van der Waals surface area contributed by atoms with Crippen LogP contribution < -0.4 is 0 Å². The van der Waals surface area contributed by atoms with Gasteiger partial charge in [-0.25, -0.2) is 0 Å². The van der Waals surface area contributed by atoms with E-state index in [1.54, 1.807) is 42.5 Å².